The summed E-state index contributed by atoms with van der Waals surface area (Å²) in [5, 5.41) is 0. The molecule has 13 heteroatoms. The molecule has 0 aromatic rings. The van der Waals surface area contributed by atoms with Crippen molar-refractivity contribution in [3.8, 4) is 0 Å². The summed E-state index contributed by atoms with van der Waals surface area (Å²) >= 11 is 0. The maximum absolute atomic E-state index is 12.1. The Morgan fingerprint density at radius 1 is 0.311 bits per heavy atom. The van der Waals surface area contributed by atoms with Crippen molar-refractivity contribution < 1.29 is 82.8 Å². The average molecular weight is 1060 g/mol. The van der Waals surface area contributed by atoms with Crippen molar-refractivity contribution in [3.63, 3.8) is 0 Å². The molecular weight excluding hydrogens is 958 g/mol. The van der Waals surface area contributed by atoms with Gasteiger partial charge in [0.05, 0.1) is 18.3 Å². The molecule has 0 N–H and O–H groups in total. The van der Waals surface area contributed by atoms with Gasteiger partial charge in [0.2, 0.25) is 0 Å². The molecule has 0 amide bonds. The predicted molar refractivity (Wildman–Crippen MR) is 255 cm³/mol. The van der Waals surface area contributed by atoms with E-state index in [1.54, 1.807) is 20.8 Å². The molecule has 0 heterocycles. The fraction of sp³-hybridized carbons (Fsp3) is 1.00. The molecule has 367 valence electrons. The molecule has 0 aliphatic heterocycles. The Bertz CT molecular complexity index is 941. The number of unbranched alkanes of at least 4 members (excludes halogenated alkanes) is 18. The zero-order chi connectivity index (χ0) is 46.3. The molecular formula is C48H102NdO9P3. The maximum Gasteiger partial charge on any atom is 3.00 e. The van der Waals surface area contributed by atoms with E-state index in [1.807, 2.05) is 20.8 Å². The van der Waals surface area contributed by atoms with Crippen LogP contribution in [0.3, 0.4) is 0 Å². The Morgan fingerprint density at radius 3 is 0.639 bits per heavy atom. The maximum atomic E-state index is 12.1. The molecule has 0 aliphatic rings. The Labute approximate surface area is 413 Å². The van der Waals surface area contributed by atoms with Crippen molar-refractivity contribution in [2.75, 3.05) is 0 Å². The molecule has 9 nitrogen and oxygen atoms in total. The second kappa shape index (κ2) is 45.6. The van der Waals surface area contributed by atoms with Crippen molar-refractivity contribution in [2.24, 2.45) is 0 Å². The minimum absolute atomic E-state index is 0. The first kappa shape index (κ1) is 69.4. The van der Waals surface area contributed by atoms with Crippen LogP contribution in [-0.2, 0) is 27.3 Å². The molecule has 61 heavy (non-hydrogen) atoms. The van der Waals surface area contributed by atoms with Crippen molar-refractivity contribution in [1.82, 2.24) is 0 Å². The van der Waals surface area contributed by atoms with E-state index in [0.717, 1.165) is 96.3 Å². The first-order valence-electron chi connectivity index (χ1n) is 25.3. The van der Waals surface area contributed by atoms with Crippen LogP contribution in [0.1, 0.15) is 276 Å². The van der Waals surface area contributed by atoms with Crippen LogP contribution in [0.5, 0.6) is 0 Å². The van der Waals surface area contributed by atoms with Gasteiger partial charge < -0.3 is 41.9 Å². The van der Waals surface area contributed by atoms with Gasteiger partial charge in [-0.3, -0.25) is 0 Å². The van der Waals surface area contributed by atoms with Crippen LogP contribution in [-0.4, -0.2) is 35.3 Å². The topological polar surface area (TPSA) is 148 Å². The van der Waals surface area contributed by atoms with Crippen LogP contribution in [0.2, 0.25) is 0 Å². The van der Waals surface area contributed by atoms with E-state index in [1.165, 1.54) is 96.3 Å². The first-order chi connectivity index (χ1) is 28.3. The zero-order valence-corrected chi connectivity index (χ0v) is 48.1. The zero-order valence-electron chi connectivity index (χ0n) is 42.2. The van der Waals surface area contributed by atoms with Gasteiger partial charge in [-0.1, -0.05) is 216 Å². The van der Waals surface area contributed by atoms with Gasteiger partial charge in [-0.25, -0.2) is 0 Å². The summed E-state index contributed by atoms with van der Waals surface area (Å²) in [6.07, 6.45) is 31.5. The Morgan fingerprint density at radius 2 is 0.475 bits per heavy atom. The molecule has 9 unspecified atom stereocenters. The number of hydrogen-bond acceptors (Lipinski definition) is 9. The van der Waals surface area contributed by atoms with Crippen LogP contribution in [0.15, 0.2) is 0 Å². The van der Waals surface area contributed by atoms with Gasteiger partial charge in [0.1, 0.15) is 22.8 Å². The van der Waals surface area contributed by atoms with E-state index in [2.05, 4.69) is 41.5 Å². The molecule has 0 aromatic heterocycles. The van der Waals surface area contributed by atoms with E-state index in [4.69, 9.17) is 13.6 Å². The molecule has 9 atom stereocenters. The third-order valence-electron chi connectivity index (χ3n) is 11.4. The third-order valence-corrected chi connectivity index (χ3v) is 17.4. The van der Waals surface area contributed by atoms with Gasteiger partial charge in [0, 0.05) is 17.0 Å². The minimum atomic E-state index is -3.69. The molecule has 0 bridgehead atoms. The predicted octanol–water partition coefficient (Wildman–Crippen LogP) is 15.8. The largest absolute Gasteiger partial charge is 3.00 e. The van der Waals surface area contributed by atoms with Gasteiger partial charge >= 0.3 is 40.8 Å². The SMILES string of the molecule is CCCCCCC(C)OP(=O)([O-])C(C)CCCCCC.CCCCCCC(C)OP(=O)([O-])C(C)CCCCCC.CCCCCCC(C)OP(=O)([O-])C(C)CCCCCC.[Nd+3]. The van der Waals surface area contributed by atoms with Gasteiger partial charge in [0.25, 0.3) is 0 Å². The van der Waals surface area contributed by atoms with Crippen molar-refractivity contribution in [2.45, 2.75) is 311 Å². The molecule has 0 rings (SSSR count). The third kappa shape index (κ3) is 44.1. The second-order valence-electron chi connectivity index (χ2n) is 18.0. The Balaban J connectivity index is -0.000000396. The summed E-state index contributed by atoms with van der Waals surface area (Å²) in [4.78, 5) is 36.3. The quantitative estimate of drug-likeness (QED) is 0.0433. The fourth-order valence-corrected chi connectivity index (χ4v) is 10.8. The second-order valence-corrected chi connectivity index (χ2v) is 24.5. The summed E-state index contributed by atoms with van der Waals surface area (Å²) in [6, 6.07) is 0. The molecule has 0 fully saturated rings. The summed E-state index contributed by atoms with van der Waals surface area (Å²) in [6.45, 7) is 24.0. The monoisotopic (exact) mass is 1060 g/mol. The number of hydrogen-bond donors (Lipinski definition) is 0. The Hall–Kier alpha value is 1.80. The molecule has 0 aliphatic carbocycles. The summed E-state index contributed by atoms with van der Waals surface area (Å²) in [5.41, 5.74) is -1.05. The first-order valence-corrected chi connectivity index (χ1v) is 30.1. The van der Waals surface area contributed by atoms with E-state index >= 15 is 0 Å². The minimum Gasteiger partial charge on any atom is -0.778 e. The van der Waals surface area contributed by atoms with Gasteiger partial charge in [-0.15, -0.1) is 0 Å². The Kier molecular flexibility index (Phi) is 51.8. The molecule has 1 radical (unpaired) electrons. The van der Waals surface area contributed by atoms with Crippen molar-refractivity contribution >= 4 is 22.8 Å². The van der Waals surface area contributed by atoms with E-state index in [9.17, 15) is 28.4 Å². The van der Waals surface area contributed by atoms with E-state index in [-0.39, 0.29) is 76.1 Å². The summed E-state index contributed by atoms with van der Waals surface area (Å²) in [7, 11) is -11.1. The van der Waals surface area contributed by atoms with Crippen LogP contribution in [0.25, 0.3) is 0 Å². The van der Waals surface area contributed by atoms with Crippen LogP contribution in [0.4, 0.5) is 0 Å². The number of rotatable bonds is 39. The van der Waals surface area contributed by atoms with Gasteiger partial charge in [-0.2, -0.15) is 0 Å². The average Bonchev–Trinajstić information content (AvgIpc) is 3.18. The van der Waals surface area contributed by atoms with Gasteiger partial charge in [0.15, 0.2) is 0 Å². The van der Waals surface area contributed by atoms with E-state index in [0.29, 0.717) is 0 Å². The molecule has 0 saturated carbocycles. The van der Waals surface area contributed by atoms with Crippen LogP contribution < -0.4 is 14.7 Å². The normalized spacial score (nSPS) is 17.4. The van der Waals surface area contributed by atoms with Gasteiger partial charge in [-0.05, 0) is 59.3 Å². The van der Waals surface area contributed by atoms with E-state index < -0.39 is 22.8 Å². The smallest absolute Gasteiger partial charge is 0.778 e. The standard InChI is InChI=1S/3C16H35O3P.Nd/c3*1-5-7-9-11-13-15(3)19-20(17,18)16(4)14-12-10-8-6-2;/h3*15-16H,5-14H2,1-4H3,(H,17,18);/q;;;+3/p-3. The summed E-state index contributed by atoms with van der Waals surface area (Å²) in [5.74, 6) is 0. The summed E-state index contributed by atoms with van der Waals surface area (Å²) < 4.78 is 52.3. The fourth-order valence-electron chi connectivity index (χ4n) is 6.87. The molecule has 0 aromatic carbocycles. The molecule has 0 spiro atoms. The van der Waals surface area contributed by atoms with Crippen molar-refractivity contribution in [1.29, 1.82) is 0 Å². The van der Waals surface area contributed by atoms with Crippen LogP contribution >= 0.6 is 22.8 Å². The molecule has 0 saturated heterocycles. The van der Waals surface area contributed by atoms with Crippen molar-refractivity contribution in [3.05, 3.63) is 0 Å². The van der Waals surface area contributed by atoms with Crippen LogP contribution in [0, 0.1) is 40.8 Å².